The molecule has 1 aromatic heterocycles. The van der Waals surface area contributed by atoms with E-state index in [-0.39, 0.29) is 30.3 Å². The zero-order valence-corrected chi connectivity index (χ0v) is 13.3. The van der Waals surface area contributed by atoms with Crippen molar-refractivity contribution < 1.29 is 4.79 Å². The van der Waals surface area contributed by atoms with Crippen LogP contribution < -0.4 is 10.7 Å². The van der Waals surface area contributed by atoms with Crippen LogP contribution in [-0.2, 0) is 11.3 Å². The van der Waals surface area contributed by atoms with Crippen LogP contribution in [0.5, 0.6) is 0 Å². The molecule has 1 unspecified atom stereocenters. The minimum absolute atomic E-state index is 0. The van der Waals surface area contributed by atoms with Gasteiger partial charge in [0.1, 0.15) is 6.54 Å². The van der Waals surface area contributed by atoms with Crippen LogP contribution in [0.25, 0.3) is 10.9 Å². The van der Waals surface area contributed by atoms with E-state index in [9.17, 15) is 9.59 Å². The molecule has 1 saturated heterocycles. The molecule has 1 fully saturated rings. The van der Waals surface area contributed by atoms with E-state index >= 15 is 0 Å². The Hall–Kier alpha value is -1.85. The molecular weight excluding hydrogens is 302 g/mol. The molecule has 1 aliphatic heterocycles. The van der Waals surface area contributed by atoms with Gasteiger partial charge in [-0.3, -0.25) is 9.59 Å². The Morgan fingerprint density at radius 1 is 1.32 bits per heavy atom. The maximum absolute atomic E-state index is 12.4. The number of pyridine rings is 1. The monoisotopic (exact) mass is 321 g/mol. The van der Waals surface area contributed by atoms with E-state index in [4.69, 9.17) is 0 Å². The van der Waals surface area contributed by atoms with Crippen LogP contribution in [0.4, 0.5) is 0 Å². The van der Waals surface area contributed by atoms with Crippen molar-refractivity contribution in [3.63, 3.8) is 0 Å². The first kappa shape index (κ1) is 16.5. The lowest BCUT2D eigenvalue weighted by Crippen LogP contribution is -2.52. The van der Waals surface area contributed by atoms with Crippen LogP contribution >= 0.6 is 12.4 Å². The van der Waals surface area contributed by atoms with Crippen molar-refractivity contribution in [1.29, 1.82) is 0 Å². The van der Waals surface area contributed by atoms with E-state index in [2.05, 4.69) is 12.2 Å². The quantitative estimate of drug-likeness (QED) is 0.905. The molecule has 1 aliphatic rings. The summed E-state index contributed by atoms with van der Waals surface area (Å²) in [6.07, 6.45) is 1.70. The fraction of sp³-hybridized carbons (Fsp3) is 0.375. The first-order valence-corrected chi connectivity index (χ1v) is 7.24. The summed E-state index contributed by atoms with van der Waals surface area (Å²) >= 11 is 0. The fourth-order valence-electron chi connectivity index (χ4n) is 2.80. The molecule has 118 valence electrons. The third-order valence-corrected chi connectivity index (χ3v) is 3.91. The van der Waals surface area contributed by atoms with E-state index in [0.29, 0.717) is 11.4 Å². The van der Waals surface area contributed by atoms with Gasteiger partial charge in [-0.15, -0.1) is 12.4 Å². The Balaban J connectivity index is 0.00000176. The Labute approximate surface area is 135 Å². The molecule has 1 atom stereocenters. The number of aromatic nitrogens is 1. The molecule has 2 heterocycles. The number of piperazine rings is 1. The summed E-state index contributed by atoms with van der Waals surface area (Å²) in [5, 5.41) is 3.98. The van der Waals surface area contributed by atoms with Crippen molar-refractivity contribution in [2.45, 2.75) is 19.5 Å². The average molecular weight is 322 g/mol. The average Bonchev–Trinajstić information content (AvgIpc) is 2.50. The van der Waals surface area contributed by atoms with Crippen LogP contribution in [0.1, 0.15) is 6.92 Å². The maximum atomic E-state index is 12.4. The molecule has 6 heteroatoms. The predicted octanol–water partition coefficient (Wildman–Crippen LogP) is 1.24. The number of benzene rings is 1. The number of para-hydroxylation sites is 1. The van der Waals surface area contributed by atoms with Crippen LogP contribution in [-0.4, -0.2) is 41.1 Å². The summed E-state index contributed by atoms with van der Waals surface area (Å²) in [6.45, 7) is 4.65. The molecule has 1 amide bonds. The van der Waals surface area contributed by atoms with Gasteiger partial charge < -0.3 is 14.8 Å². The Kier molecular flexibility index (Phi) is 5.21. The number of amides is 1. The molecule has 3 rings (SSSR count). The Morgan fingerprint density at radius 2 is 2.09 bits per heavy atom. The topological polar surface area (TPSA) is 54.3 Å². The van der Waals surface area contributed by atoms with Gasteiger partial charge in [-0.25, -0.2) is 0 Å². The number of nitrogens with zero attached hydrogens (tertiary/aromatic N) is 2. The first-order valence-electron chi connectivity index (χ1n) is 7.24. The van der Waals surface area contributed by atoms with Gasteiger partial charge in [0.2, 0.25) is 5.91 Å². The molecule has 0 aliphatic carbocycles. The Bertz CT molecular complexity index is 729. The van der Waals surface area contributed by atoms with Gasteiger partial charge in [0.05, 0.1) is 5.52 Å². The zero-order chi connectivity index (χ0) is 14.8. The molecule has 0 radical (unpaired) electrons. The van der Waals surface area contributed by atoms with Gasteiger partial charge >= 0.3 is 0 Å². The summed E-state index contributed by atoms with van der Waals surface area (Å²) < 4.78 is 1.85. The number of nitrogens with one attached hydrogen (secondary N) is 1. The second kappa shape index (κ2) is 6.94. The van der Waals surface area contributed by atoms with Gasteiger partial charge in [-0.1, -0.05) is 12.1 Å². The number of carbonyl (C=O) groups is 1. The highest BCUT2D eigenvalue weighted by molar-refractivity contribution is 5.85. The van der Waals surface area contributed by atoms with Crippen molar-refractivity contribution in [2.75, 3.05) is 19.6 Å². The van der Waals surface area contributed by atoms with Crippen LogP contribution in [0, 0.1) is 0 Å². The normalized spacial score (nSPS) is 18.0. The summed E-state index contributed by atoms with van der Waals surface area (Å²) in [6, 6.07) is 9.25. The van der Waals surface area contributed by atoms with Crippen molar-refractivity contribution in [3.8, 4) is 0 Å². The highest BCUT2D eigenvalue weighted by Gasteiger charge is 2.20. The van der Waals surface area contributed by atoms with Crippen molar-refractivity contribution in [1.82, 2.24) is 14.8 Å². The third-order valence-electron chi connectivity index (χ3n) is 3.91. The summed E-state index contributed by atoms with van der Waals surface area (Å²) in [4.78, 5) is 26.2. The largest absolute Gasteiger partial charge is 0.338 e. The molecular formula is C16H20ClN3O2. The lowest BCUT2D eigenvalue weighted by molar-refractivity contribution is -0.132. The number of carbonyl (C=O) groups excluding carboxylic acids is 1. The maximum Gasteiger partial charge on any atom is 0.242 e. The first-order chi connectivity index (χ1) is 10.1. The van der Waals surface area contributed by atoms with E-state index in [0.717, 1.165) is 25.2 Å². The van der Waals surface area contributed by atoms with E-state index in [1.54, 1.807) is 12.3 Å². The van der Waals surface area contributed by atoms with Gasteiger partial charge in [-0.05, 0) is 19.1 Å². The summed E-state index contributed by atoms with van der Waals surface area (Å²) in [5.41, 5.74) is 0.798. The number of hydrogen-bond acceptors (Lipinski definition) is 3. The summed E-state index contributed by atoms with van der Waals surface area (Å²) in [7, 11) is 0. The standard InChI is InChI=1S/C16H19N3O2.ClH/c1-12-10-19(9-7-17-12)16(21)11-18-8-6-15(20)13-4-2-3-5-14(13)18;/h2-6,8,12,17H,7,9-11H2,1H3;1H. The number of rotatable bonds is 2. The molecule has 0 spiro atoms. The molecule has 5 nitrogen and oxygen atoms in total. The molecule has 0 bridgehead atoms. The number of fused-ring (bicyclic) bond motifs is 1. The van der Waals surface area contributed by atoms with Gasteiger partial charge in [0, 0.05) is 43.3 Å². The van der Waals surface area contributed by atoms with Crippen molar-refractivity contribution >= 4 is 29.2 Å². The second-order valence-electron chi connectivity index (χ2n) is 5.52. The lowest BCUT2D eigenvalue weighted by Gasteiger charge is -2.32. The van der Waals surface area contributed by atoms with Gasteiger partial charge in [-0.2, -0.15) is 0 Å². The Morgan fingerprint density at radius 3 is 2.86 bits per heavy atom. The summed E-state index contributed by atoms with van der Waals surface area (Å²) in [5.74, 6) is 0.0946. The molecule has 2 aromatic rings. The minimum Gasteiger partial charge on any atom is -0.338 e. The molecule has 0 saturated carbocycles. The number of hydrogen-bond donors (Lipinski definition) is 1. The van der Waals surface area contributed by atoms with Crippen LogP contribution in [0.15, 0.2) is 41.3 Å². The van der Waals surface area contributed by atoms with Gasteiger partial charge in [0.25, 0.3) is 0 Å². The zero-order valence-electron chi connectivity index (χ0n) is 12.5. The third kappa shape index (κ3) is 3.31. The van der Waals surface area contributed by atoms with Crippen LogP contribution in [0.3, 0.4) is 0 Å². The lowest BCUT2D eigenvalue weighted by atomic mass is 10.2. The highest BCUT2D eigenvalue weighted by atomic mass is 35.5. The fourth-order valence-corrected chi connectivity index (χ4v) is 2.80. The SMILES string of the molecule is CC1CN(C(=O)Cn2ccc(=O)c3ccccc32)CCN1.Cl. The van der Waals surface area contributed by atoms with Crippen molar-refractivity contribution in [3.05, 3.63) is 46.8 Å². The van der Waals surface area contributed by atoms with Gasteiger partial charge in [0.15, 0.2) is 5.43 Å². The second-order valence-corrected chi connectivity index (χ2v) is 5.52. The minimum atomic E-state index is -0.00917. The molecule has 22 heavy (non-hydrogen) atoms. The van der Waals surface area contributed by atoms with E-state index in [1.807, 2.05) is 27.7 Å². The van der Waals surface area contributed by atoms with E-state index < -0.39 is 0 Å². The van der Waals surface area contributed by atoms with Crippen LogP contribution in [0.2, 0.25) is 0 Å². The molecule has 1 N–H and O–H groups in total. The van der Waals surface area contributed by atoms with E-state index in [1.165, 1.54) is 6.07 Å². The smallest absolute Gasteiger partial charge is 0.242 e. The number of halogens is 1. The molecule has 1 aromatic carbocycles. The highest BCUT2D eigenvalue weighted by Crippen LogP contribution is 2.10. The van der Waals surface area contributed by atoms with Crippen molar-refractivity contribution in [2.24, 2.45) is 0 Å². The predicted molar refractivity (Wildman–Crippen MR) is 89.5 cm³/mol.